The third kappa shape index (κ3) is 6.89. The van der Waals surface area contributed by atoms with Gasteiger partial charge in [0.1, 0.15) is 11.3 Å². The molecule has 6 rings (SSSR count). The van der Waals surface area contributed by atoms with Gasteiger partial charge in [-0.3, -0.25) is 0 Å². The molecule has 2 saturated carbocycles. The molecule has 230 valence electrons. The van der Waals surface area contributed by atoms with Gasteiger partial charge in [0.15, 0.2) is 0 Å². The highest BCUT2D eigenvalue weighted by Gasteiger charge is 2.45. The topological polar surface area (TPSA) is 132 Å². The van der Waals surface area contributed by atoms with Crippen molar-refractivity contribution >= 4 is 5.97 Å². The van der Waals surface area contributed by atoms with Crippen LogP contribution in [0.4, 0.5) is 0 Å². The Hall–Kier alpha value is -3.82. The lowest BCUT2D eigenvalue weighted by molar-refractivity contribution is 0.0695. The van der Waals surface area contributed by atoms with E-state index in [1.807, 2.05) is 44.2 Å². The molecule has 2 unspecified atom stereocenters. The van der Waals surface area contributed by atoms with Gasteiger partial charge < -0.3 is 25.9 Å². The van der Waals surface area contributed by atoms with E-state index >= 15 is 0 Å². The molecule has 3 atom stereocenters. The molecule has 9 heteroatoms. The molecule has 6 N–H and O–H groups in total. The monoisotopic (exact) mass is 586 g/mol. The Kier molecular flexibility index (Phi) is 9.72. The van der Waals surface area contributed by atoms with Crippen LogP contribution in [-0.4, -0.2) is 51.1 Å². The fraction of sp³-hybridized carbons (Fsp3) is 0.471. The summed E-state index contributed by atoms with van der Waals surface area (Å²) < 4.78 is 8.15. The Morgan fingerprint density at radius 1 is 1.12 bits per heavy atom. The zero-order valence-corrected chi connectivity index (χ0v) is 25.6. The summed E-state index contributed by atoms with van der Waals surface area (Å²) in [5.74, 6) is 6.63. The third-order valence-corrected chi connectivity index (χ3v) is 8.98. The molecule has 1 saturated heterocycles. The molecule has 3 fully saturated rings. The summed E-state index contributed by atoms with van der Waals surface area (Å²) in [4.78, 5) is 12.2. The van der Waals surface area contributed by atoms with E-state index < -0.39 is 5.97 Å². The van der Waals surface area contributed by atoms with E-state index in [1.54, 1.807) is 15.9 Å². The van der Waals surface area contributed by atoms with Crippen LogP contribution in [0, 0.1) is 11.8 Å². The first-order valence-electron chi connectivity index (χ1n) is 15.8. The third-order valence-electron chi connectivity index (χ3n) is 8.98. The van der Waals surface area contributed by atoms with Crippen molar-refractivity contribution in [3.8, 4) is 22.6 Å². The molecule has 0 spiro atoms. The molecule has 0 radical (unpaired) electrons. The fourth-order valence-corrected chi connectivity index (χ4v) is 6.29. The van der Waals surface area contributed by atoms with E-state index in [1.165, 1.54) is 38.3 Å². The second kappa shape index (κ2) is 13.7. The summed E-state index contributed by atoms with van der Waals surface area (Å²) in [7, 11) is 0. The van der Waals surface area contributed by atoms with Crippen LogP contribution in [0.5, 0.6) is 5.75 Å². The molecule has 2 aliphatic carbocycles. The van der Waals surface area contributed by atoms with Crippen molar-refractivity contribution in [1.82, 2.24) is 20.1 Å². The molecule has 9 nitrogen and oxygen atoms in total. The fourth-order valence-electron chi connectivity index (χ4n) is 6.29. The Balaban J connectivity index is 0.00000180. The van der Waals surface area contributed by atoms with Crippen LogP contribution < -0.4 is 21.6 Å². The van der Waals surface area contributed by atoms with Crippen LogP contribution in [0.25, 0.3) is 16.8 Å². The lowest BCUT2D eigenvalue weighted by Crippen LogP contribution is -2.57. The number of nitrogens with one attached hydrogen (secondary N) is 1. The first-order valence-corrected chi connectivity index (χ1v) is 15.8. The van der Waals surface area contributed by atoms with Gasteiger partial charge in [-0.05, 0) is 67.5 Å². The minimum Gasteiger partial charge on any atom is -0.490 e. The number of aromatic nitrogens is 2. The van der Waals surface area contributed by atoms with Gasteiger partial charge in [0.05, 0.1) is 29.7 Å². The van der Waals surface area contributed by atoms with Crippen molar-refractivity contribution in [2.45, 2.75) is 77.4 Å². The average Bonchev–Trinajstić information content (AvgIpc) is 3.67. The van der Waals surface area contributed by atoms with Gasteiger partial charge in [-0.15, -0.1) is 0 Å². The summed E-state index contributed by atoms with van der Waals surface area (Å²) in [6.45, 7) is 7.84. The number of benzene rings is 2. The van der Waals surface area contributed by atoms with Crippen molar-refractivity contribution in [3.05, 3.63) is 77.9 Å². The highest BCUT2D eigenvalue weighted by atomic mass is 16.5. The van der Waals surface area contributed by atoms with Crippen LogP contribution in [0.3, 0.4) is 0 Å². The second-order valence-electron chi connectivity index (χ2n) is 11.8. The number of ether oxygens (including phenoxy) is 1. The van der Waals surface area contributed by atoms with Crippen LogP contribution in [-0.2, 0) is 0 Å². The Labute approximate surface area is 254 Å². The number of nitrogens with two attached hydrogens (primary N) is 2. The Morgan fingerprint density at radius 2 is 1.81 bits per heavy atom. The number of carboxylic acid groups (broad SMARTS) is 1. The number of carboxylic acids is 1. The summed E-state index contributed by atoms with van der Waals surface area (Å²) >= 11 is 0. The number of nitrogens with zero attached hydrogens (tertiary/aromatic N) is 3. The number of hydrazine groups is 1. The van der Waals surface area contributed by atoms with Crippen LogP contribution >= 0.6 is 0 Å². The number of aromatic carboxylic acids is 1. The van der Waals surface area contributed by atoms with Gasteiger partial charge in [0.25, 0.3) is 0 Å². The smallest absolute Gasteiger partial charge is 0.339 e. The van der Waals surface area contributed by atoms with Gasteiger partial charge >= 0.3 is 5.97 Å². The van der Waals surface area contributed by atoms with Gasteiger partial charge in [-0.2, -0.15) is 5.10 Å². The molecule has 3 aliphatic rings. The Bertz CT molecular complexity index is 1420. The number of rotatable bonds is 10. The summed E-state index contributed by atoms with van der Waals surface area (Å²) in [5.41, 5.74) is 10.8. The molecule has 3 aromatic rings. The predicted octanol–water partition coefficient (Wildman–Crippen LogP) is 5.66. The highest BCUT2D eigenvalue weighted by Crippen LogP contribution is 2.52. The minimum absolute atomic E-state index is 0.0193. The molecule has 2 heterocycles. The first kappa shape index (κ1) is 30.6. The van der Waals surface area contributed by atoms with Crippen molar-refractivity contribution < 1.29 is 14.6 Å². The SMILES string of the molecule is CC.CC(Oc1cccc(-c2cccc(-n3ncc(C(=O)O)c3[C@@H]3CC3/C(N)=C/N(N)C3CNC3)c2)c1)C1CCCCC1. The largest absolute Gasteiger partial charge is 0.490 e. The molecular weight excluding hydrogens is 540 g/mol. The predicted molar refractivity (Wildman–Crippen MR) is 170 cm³/mol. The quantitative estimate of drug-likeness (QED) is 0.177. The van der Waals surface area contributed by atoms with Gasteiger partial charge in [0.2, 0.25) is 0 Å². The maximum atomic E-state index is 12.2. The summed E-state index contributed by atoms with van der Waals surface area (Å²) in [6, 6.07) is 16.5. The Morgan fingerprint density at radius 3 is 2.49 bits per heavy atom. The minimum atomic E-state index is -0.992. The van der Waals surface area contributed by atoms with Crippen LogP contribution in [0.15, 0.2) is 66.6 Å². The van der Waals surface area contributed by atoms with Gasteiger partial charge in [-0.25, -0.2) is 15.3 Å². The van der Waals surface area contributed by atoms with E-state index in [2.05, 4.69) is 35.5 Å². The van der Waals surface area contributed by atoms with Crippen LogP contribution in [0.2, 0.25) is 0 Å². The van der Waals surface area contributed by atoms with Crippen molar-refractivity contribution in [2.75, 3.05) is 13.1 Å². The van der Waals surface area contributed by atoms with E-state index in [-0.39, 0.29) is 29.5 Å². The number of allylic oxidation sites excluding steroid dienone is 1. The maximum Gasteiger partial charge on any atom is 0.339 e. The summed E-state index contributed by atoms with van der Waals surface area (Å²) in [5, 5.41) is 19.4. The van der Waals surface area contributed by atoms with Crippen molar-refractivity contribution in [1.29, 1.82) is 0 Å². The molecule has 1 aliphatic heterocycles. The molecule has 1 aromatic heterocycles. The lowest BCUT2D eigenvalue weighted by Gasteiger charge is -2.34. The second-order valence-corrected chi connectivity index (χ2v) is 11.8. The van der Waals surface area contributed by atoms with Crippen molar-refractivity contribution in [2.24, 2.45) is 23.4 Å². The average molecular weight is 587 g/mol. The molecule has 0 amide bonds. The van der Waals surface area contributed by atoms with E-state index in [9.17, 15) is 9.90 Å². The molecule has 43 heavy (non-hydrogen) atoms. The first-order chi connectivity index (χ1) is 20.9. The zero-order chi connectivity index (χ0) is 30.5. The number of hydrogen-bond acceptors (Lipinski definition) is 7. The summed E-state index contributed by atoms with van der Waals surface area (Å²) in [6.07, 6.45) is 10.6. The normalized spacial score (nSPS) is 21.3. The highest BCUT2D eigenvalue weighted by molar-refractivity contribution is 5.89. The van der Waals surface area contributed by atoms with Gasteiger partial charge in [-0.1, -0.05) is 57.4 Å². The van der Waals surface area contributed by atoms with Gasteiger partial charge in [0, 0.05) is 36.8 Å². The number of carbonyl (C=O) groups is 1. The zero-order valence-electron chi connectivity index (χ0n) is 25.6. The standard InChI is InChI=1S/C32H40N6O3.C2H6/c1-20(21-7-3-2-4-8-21)41-26-12-6-10-23(14-26)22-9-5-11-24(13-22)38-31(29(18-36-38)32(39)40)28-15-27(28)30(33)19-37(34)25-16-35-17-25;1-2/h5-6,9-14,18-21,25,27-28,35H,2-4,7-8,15-17,33-34H2,1H3,(H,39,40);1-2H3/b30-19-;/t20?,27?,28-;/m1./s1. The maximum absolute atomic E-state index is 12.2. The van der Waals surface area contributed by atoms with E-state index in [0.717, 1.165) is 42.1 Å². The van der Waals surface area contributed by atoms with Crippen LogP contribution in [0.1, 0.15) is 81.3 Å². The van der Waals surface area contributed by atoms with E-state index in [4.69, 9.17) is 16.3 Å². The lowest BCUT2D eigenvalue weighted by atomic mass is 9.86. The van der Waals surface area contributed by atoms with E-state index in [0.29, 0.717) is 17.3 Å². The molecule has 0 bridgehead atoms. The number of hydrogen-bond donors (Lipinski definition) is 4. The molecular formula is C34H46N6O3. The molecule has 2 aromatic carbocycles. The van der Waals surface area contributed by atoms with Crippen molar-refractivity contribution in [3.63, 3.8) is 0 Å².